The summed E-state index contributed by atoms with van der Waals surface area (Å²) in [7, 11) is -4.70. The number of carboxylic acids is 1. The Hall–Kier alpha value is -1.78. The molecule has 1 amide bonds. The summed E-state index contributed by atoms with van der Waals surface area (Å²) in [6, 6.07) is -1.54. The van der Waals surface area contributed by atoms with Gasteiger partial charge in [-0.15, -0.1) is 0 Å². The van der Waals surface area contributed by atoms with E-state index in [0.29, 0.717) is 6.42 Å². The highest BCUT2D eigenvalue weighted by molar-refractivity contribution is 7.47. The van der Waals surface area contributed by atoms with Crippen molar-refractivity contribution in [3.8, 4) is 0 Å². The number of phosphoric acid groups is 1. The van der Waals surface area contributed by atoms with E-state index in [9.17, 15) is 28.9 Å². The molecule has 0 rings (SSSR count). The second-order valence-electron chi connectivity index (χ2n) is 10.7. The number of allylic oxidation sites excluding steroid dienone is 2. The Morgan fingerprint density at radius 2 is 1.24 bits per heavy atom. The molecule has 4 N–H and O–H groups in total. The molecule has 0 bridgehead atoms. The van der Waals surface area contributed by atoms with Gasteiger partial charge in [0.2, 0.25) is 5.91 Å². The quantitative estimate of drug-likeness (QED) is 0.0326. The number of aliphatic hydroxyl groups is 1. The molecule has 0 saturated carbocycles. The van der Waals surface area contributed by atoms with Gasteiger partial charge in [0.15, 0.2) is 6.04 Å². The molecule has 11 nitrogen and oxygen atoms in total. The van der Waals surface area contributed by atoms with E-state index in [1.54, 1.807) is 0 Å². The molecular formula is C30H56NO10P. The number of rotatable bonds is 29. The smallest absolute Gasteiger partial charge is 0.472 e. The lowest BCUT2D eigenvalue weighted by molar-refractivity contribution is -0.147. The largest absolute Gasteiger partial charge is 0.480 e. The number of unbranched alkanes of at least 4 members (excludes halogenated alkanes) is 15. The van der Waals surface area contributed by atoms with Gasteiger partial charge >= 0.3 is 19.8 Å². The summed E-state index contributed by atoms with van der Waals surface area (Å²) < 4.78 is 26.0. The summed E-state index contributed by atoms with van der Waals surface area (Å²) in [6.07, 6.45) is 24.1. The molecule has 0 aliphatic heterocycles. The monoisotopic (exact) mass is 621 g/mol. The van der Waals surface area contributed by atoms with Crippen molar-refractivity contribution in [2.45, 2.75) is 142 Å². The van der Waals surface area contributed by atoms with Crippen LogP contribution in [0.3, 0.4) is 0 Å². The molecule has 0 aliphatic carbocycles. The number of phosphoric ester groups is 1. The number of nitrogens with one attached hydrogen (secondary N) is 1. The molecule has 0 saturated heterocycles. The van der Waals surface area contributed by atoms with Crippen LogP contribution in [0.1, 0.15) is 129 Å². The van der Waals surface area contributed by atoms with Crippen molar-refractivity contribution in [1.29, 1.82) is 0 Å². The average molecular weight is 622 g/mol. The van der Waals surface area contributed by atoms with Crippen LogP contribution in [0.5, 0.6) is 0 Å². The number of carbonyl (C=O) groups is 3. The second-order valence-corrected chi connectivity index (χ2v) is 12.2. The minimum Gasteiger partial charge on any atom is -0.480 e. The van der Waals surface area contributed by atoms with E-state index < -0.39 is 57.6 Å². The number of carbonyl (C=O) groups excluding carboxylic acids is 2. The van der Waals surface area contributed by atoms with Crippen molar-refractivity contribution >= 4 is 25.7 Å². The molecule has 0 heterocycles. The minimum absolute atomic E-state index is 0.223. The fourth-order valence-electron chi connectivity index (χ4n) is 4.16. The van der Waals surface area contributed by atoms with Crippen LogP contribution in [0, 0.1) is 0 Å². The first kappa shape index (κ1) is 40.2. The number of carboxylic acid groups (broad SMARTS) is 1. The maximum absolute atomic E-state index is 11.9. The Morgan fingerprint density at radius 3 is 1.74 bits per heavy atom. The number of amides is 1. The molecule has 0 aliphatic rings. The van der Waals surface area contributed by atoms with Gasteiger partial charge in [0, 0.05) is 13.3 Å². The van der Waals surface area contributed by atoms with E-state index in [4.69, 9.17) is 9.84 Å². The highest BCUT2D eigenvalue weighted by Gasteiger charge is 2.28. The van der Waals surface area contributed by atoms with Crippen molar-refractivity contribution in [2.24, 2.45) is 0 Å². The van der Waals surface area contributed by atoms with Gasteiger partial charge in [0.1, 0.15) is 12.7 Å². The first-order valence-corrected chi connectivity index (χ1v) is 17.2. The predicted octanol–water partition coefficient (Wildman–Crippen LogP) is 6.21. The molecule has 3 atom stereocenters. The third-order valence-corrected chi connectivity index (χ3v) is 7.54. The van der Waals surface area contributed by atoms with Crippen LogP contribution in [-0.4, -0.2) is 64.9 Å². The van der Waals surface area contributed by atoms with Crippen LogP contribution in [0.4, 0.5) is 0 Å². The summed E-state index contributed by atoms with van der Waals surface area (Å²) >= 11 is 0. The normalized spacial score (nSPS) is 14.4. The van der Waals surface area contributed by atoms with Crippen LogP contribution in [0.25, 0.3) is 0 Å². The molecule has 0 fully saturated rings. The number of aliphatic hydroxyl groups excluding tert-OH is 1. The van der Waals surface area contributed by atoms with Gasteiger partial charge in [0.25, 0.3) is 0 Å². The molecule has 12 heteroatoms. The van der Waals surface area contributed by atoms with Crippen LogP contribution < -0.4 is 5.32 Å². The molecule has 3 unspecified atom stereocenters. The van der Waals surface area contributed by atoms with Crippen molar-refractivity contribution in [2.75, 3.05) is 19.8 Å². The first-order chi connectivity index (χ1) is 20.1. The highest BCUT2D eigenvalue weighted by atomic mass is 31.2. The fraction of sp³-hybridized carbons (Fsp3) is 0.833. The van der Waals surface area contributed by atoms with Gasteiger partial charge in [-0.05, 0) is 32.1 Å². The lowest BCUT2D eigenvalue weighted by atomic mass is 10.1. The summed E-state index contributed by atoms with van der Waals surface area (Å²) in [4.78, 5) is 43.5. The van der Waals surface area contributed by atoms with Crippen molar-refractivity contribution in [1.82, 2.24) is 5.32 Å². The van der Waals surface area contributed by atoms with Crippen LogP contribution in [0.2, 0.25) is 0 Å². The van der Waals surface area contributed by atoms with Crippen LogP contribution >= 0.6 is 7.82 Å². The molecule has 0 radical (unpaired) electrons. The lowest BCUT2D eigenvalue weighted by Gasteiger charge is -2.18. The number of ether oxygens (including phenoxy) is 1. The zero-order chi connectivity index (χ0) is 31.5. The standard InChI is InChI=1S/C30H56NO10P/c1-3-4-5-6-7-8-9-10-11-12-13-14-15-16-17-18-19-20-21-22-29(34)39-23-27(33)24-40-42(37,38)41-25-28(30(35)36)31-26(2)32/h10-11,27-28,33H,3-9,12-25H2,1-2H3,(H,31,32)(H,35,36)(H,37,38)/b11-10+. The van der Waals surface area contributed by atoms with Crippen LogP contribution in [0.15, 0.2) is 12.2 Å². The third-order valence-electron chi connectivity index (χ3n) is 6.59. The van der Waals surface area contributed by atoms with Crippen LogP contribution in [-0.2, 0) is 32.7 Å². The maximum atomic E-state index is 11.9. The average Bonchev–Trinajstić information content (AvgIpc) is 2.94. The fourth-order valence-corrected chi connectivity index (χ4v) is 4.94. The van der Waals surface area contributed by atoms with E-state index in [2.05, 4.69) is 28.1 Å². The van der Waals surface area contributed by atoms with Gasteiger partial charge in [-0.25, -0.2) is 9.36 Å². The van der Waals surface area contributed by atoms with E-state index in [-0.39, 0.29) is 6.42 Å². The summed E-state index contributed by atoms with van der Waals surface area (Å²) in [6.45, 7) is 1.43. The molecule has 246 valence electrons. The van der Waals surface area contributed by atoms with E-state index in [1.807, 2.05) is 5.32 Å². The Morgan fingerprint density at radius 1 is 0.762 bits per heavy atom. The predicted molar refractivity (Wildman–Crippen MR) is 162 cm³/mol. The summed E-state index contributed by atoms with van der Waals surface area (Å²) in [5.41, 5.74) is 0. The Kier molecular flexibility index (Phi) is 25.7. The summed E-state index contributed by atoms with van der Waals surface area (Å²) in [5, 5.41) is 20.8. The third kappa shape index (κ3) is 27.1. The Labute approximate surface area is 252 Å². The Bertz CT molecular complexity index is 792. The maximum Gasteiger partial charge on any atom is 0.472 e. The second kappa shape index (κ2) is 26.8. The van der Waals surface area contributed by atoms with Gasteiger partial charge in [-0.1, -0.05) is 96.1 Å². The molecule has 0 aromatic rings. The zero-order valence-electron chi connectivity index (χ0n) is 25.8. The number of hydrogen-bond acceptors (Lipinski definition) is 8. The molecular weight excluding hydrogens is 565 g/mol. The van der Waals surface area contributed by atoms with Crippen molar-refractivity contribution in [3.63, 3.8) is 0 Å². The van der Waals surface area contributed by atoms with Gasteiger partial charge < -0.3 is 25.2 Å². The minimum atomic E-state index is -4.70. The molecule has 0 aromatic heterocycles. The number of aliphatic carboxylic acids is 1. The molecule has 0 spiro atoms. The van der Waals surface area contributed by atoms with E-state index >= 15 is 0 Å². The summed E-state index contributed by atoms with van der Waals surface area (Å²) in [5.74, 6) is -2.59. The molecule has 42 heavy (non-hydrogen) atoms. The zero-order valence-corrected chi connectivity index (χ0v) is 26.7. The number of hydrogen-bond donors (Lipinski definition) is 4. The SMILES string of the molecule is CCCCCCCC/C=C/CCCCCCCCCCCC(=O)OCC(O)COP(=O)(O)OCC(NC(C)=O)C(=O)O. The topological polar surface area (TPSA) is 169 Å². The van der Waals surface area contributed by atoms with Gasteiger partial charge in [-0.2, -0.15) is 0 Å². The van der Waals surface area contributed by atoms with Gasteiger partial charge in [0.05, 0.1) is 13.2 Å². The molecule has 0 aromatic carbocycles. The Balaban J connectivity index is 3.65. The highest BCUT2D eigenvalue weighted by Crippen LogP contribution is 2.43. The van der Waals surface area contributed by atoms with Crippen molar-refractivity contribution < 1.29 is 47.8 Å². The van der Waals surface area contributed by atoms with Crippen molar-refractivity contribution in [3.05, 3.63) is 12.2 Å². The number of esters is 1. The van der Waals surface area contributed by atoms with Gasteiger partial charge in [-0.3, -0.25) is 18.6 Å². The van der Waals surface area contributed by atoms with E-state index in [1.165, 1.54) is 83.5 Å². The first-order valence-electron chi connectivity index (χ1n) is 15.7. The lowest BCUT2D eigenvalue weighted by Crippen LogP contribution is -2.42. The van der Waals surface area contributed by atoms with E-state index in [0.717, 1.165) is 26.2 Å².